The average Bonchev–Trinajstić information content (AvgIpc) is 2.38. The number of amides is 1. The molecule has 1 rings (SSSR count). The van der Waals surface area contributed by atoms with E-state index in [1.54, 1.807) is 0 Å². The van der Waals surface area contributed by atoms with Gasteiger partial charge in [0.1, 0.15) is 5.75 Å². The quantitative estimate of drug-likeness (QED) is 0.801. The van der Waals surface area contributed by atoms with Crippen LogP contribution in [0.2, 0.25) is 0 Å². The van der Waals surface area contributed by atoms with E-state index in [9.17, 15) is 4.79 Å². The molecule has 0 saturated carbocycles. The molecule has 0 aliphatic rings. The number of nitrogens with one attached hydrogen (secondary N) is 1. The van der Waals surface area contributed by atoms with Gasteiger partial charge in [-0.2, -0.15) is 0 Å². The minimum atomic E-state index is -0.215. The molecule has 1 amide bonds. The van der Waals surface area contributed by atoms with Gasteiger partial charge in [-0.15, -0.1) is 0 Å². The molecule has 4 heteroatoms. The lowest BCUT2D eigenvalue weighted by Gasteiger charge is -2.32. The molecular formula is C17H28N2O2. The largest absolute Gasteiger partial charge is 0.493 e. The van der Waals surface area contributed by atoms with Crippen LogP contribution in [0.3, 0.4) is 0 Å². The molecule has 4 nitrogen and oxygen atoms in total. The number of carbonyl (C=O) groups excluding carboxylic acids is 1. The average molecular weight is 292 g/mol. The maximum Gasteiger partial charge on any atom is 0.223 e. The Morgan fingerprint density at radius 1 is 1.29 bits per heavy atom. The van der Waals surface area contributed by atoms with Crippen molar-refractivity contribution in [3.63, 3.8) is 0 Å². The van der Waals surface area contributed by atoms with Crippen LogP contribution in [0.4, 0.5) is 0 Å². The molecule has 0 aromatic heterocycles. The van der Waals surface area contributed by atoms with Crippen molar-refractivity contribution in [2.24, 2.45) is 0 Å². The number of hydrogen-bond donors (Lipinski definition) is 1. The summed E-state index contributed by atoms with van der Waals surface area (Å²) in [5, 5.41) is 3.08. The third-order valence-electron chi connectivity index (χ3n) is 3.51. The van der Waals surface area contributed by atoms with Crippen molar-refractivity contribution in [3.05, 3.63) is 30.3 Å². The first-order valence-electron chi connectivity index (χ1n) is 7.45. The SMILES string of the molecule is CC(CC(C)(C)NC(=O)CCOc1ccccc1)N(C)C. The first-order valence-corrected chi connectivity index (χ1v) is 7.45. The van der Waals surface area contributed by atoms with E-state index < -0.39 is 0 Å². The number of para-hydroxylation sites is 1. The number of benzene rings is 1. The van der Waals surface area contributed by atoms with Gasteiger partial charge in [0.15, 0.2) is 0 Å². The van der Waals surface area contributed by atoms with E-state index >= 15 is 0 Å². The Morgan fingerprint density at radius 2 is 1.90 bits per heavy atom. The highest BCUT2D eigenvalue weighted by Gasteiger charge is 2.23. The van der Waals surface area contributed by atoms with E-state index in [0.717, 1.165) is 12.2 Å². The van der Waals surface area contributed by atoms with E-state index in [0.29, 0.717) is 19.1 Å². The number of nitrogens with zero attached hydrogens (tertiary/aromatic N) is 1. The van der Waals surface area contributed by atoms with Gasteiger partial charge in [-0.25, -0.2) is 0 Å². The molecule has 0 heterocycles. The van der Waals surface area contributed by atoms with E-state index in [1.165, 1.54) is 0 Å². The summed E-state index contributed by atoms with van der Waals surface area (Å²) in [6.07, 6.45) is 1.28. The number of ether oxygens (including phenoxy) is 1. The van der Waals surface area contributed by atoms with Gasteiger partial charge in [-0.1, -0.05) is 18.2 Å². The molecule has 1 N–H and O–H groups in total. The lowest BCUT2D eigenvalue weighted by atomic mass is 9.95. The smallest absolute Gasteiger partial charge is 0.223 e. The van der Waals surface area contributed by atoms with Gasteiger partial charge in [0.05, 0.1) is 13.0 Å². The number of rotatable bonds is 8. The first kappa shape index (κ1) is 17.5. The molecule has 0 radical (unpaired) electrons. The van der Waals surface area contributed by atoms with Crippen LogP contribution >= 0.6 is 0 Å². The van der Waals surface area contributed by atoms with Crippen LogP contribution in [0.25, 0.3) is 0 Å². The maximum atomic E-state index is 12.0. The predicted octanol–water partition coefficient (Wildman–Crippen LogP) is 2.69. The maximum absolute atomic E-state index is 12.0. The zero-order valence-corrected chi connectivity index (χ0v) is 13.8. The van der Waals surface area contributed by atoms with E-state index in [4.69, 9.17) is 4.74 Å². The highest BCUT2D eigenvalue weighted by atomic mass is 16.5. The van der Waals surface area contributed by atoms with Crippen LogP contribution in [0.5, 0.6) is 5.75 Å². The van der Waals surface area contributed by atoms with Gasteiger partial charge in [0, 0.05) is 11.6 Å². The molecule has 0 saturated heterocycles. The topological polar surface area (TPSA) is 41.6 Å². The van der Waals surface area contributed by atoms with Crippen molar-refractivity contribution < 1.29 is 9.53 Å². The summed E-state index contributed by atoms with van der Waals surface area (Å²) < 4.78 is 5.54. The van der Waals surface area contributed by atoms with Crippen LogP contribution in [0.1, 0.15) is 33.6 Å². The molecule has 1 aromatic carbocycles. The van der Waals surface area contributed by atoms with Gasteiger partial charge >= 0.3 is 0 Å². The summed E-state index contributed by atoms with van der Waals surface area (Å²) in [4.78, 5) is 14.2. The Morgan fingerprint density at radius 3 is 2.48 bits per heavy atom. The summed E-state index contributed by atoms with van der Waals surface area (Å²) in [6, 6.07) is 9.97. The molecule has 0 bridgehead atoms. The van der Waals surface area contributed by atoms with E-state index in [2.05, 4.69) is 45.1 Å². The molecule has 118 valence electrons. The fourth-order valence-electron chi connectivity index (χ4n) is 2.19. The van der Waals surface area contributed by atoms with E-state index in [-0.39, 0.29) is 11.4 Å². The normalized spacial score (nSPS) is 13.0. The summed E-state index contributed by atoms with van der Waals surface area (Å²) >= 11 is 0. The molecule has 1 unspecified atom stereocenters. The third kappa shape index (κ3) is 7.14. The van der Waals surface area contributed by atoms with Crippen molar-refractivity contribution in [1.29, 1.82) is 0 Å². The monoisotopic (exact) mass is 292 g/mol. The second-order valence-electron chi connectivity index (χ2n) is 6.36. The van der Waals surface area contributed by atoms with Gasteiger partial charge in [0.25, 0.3) is 0 Å². The molecular weight excluding hydrogens is 264 g/mol. The predicted molar refractivity (Wildman–Crippen MR) is 86.5 cm³/mol. The second kappa shape index (κ2) is 8.03. The van der Waals surface area contributed by atoms with Crippen LogP contribution in [0.15, 0.2) is 30.3 Å². The minimum Gasteiger partial charge on any atom is -0.493 e. The van der Waals surface area contributed by atoms with Crippen LogP contribution in [-0.2, 0) is 4.79 Å². The Bertz CT molecular complexity index is 430. The van der Waals surface area contributed by atoms with Crippen LogP contribution in [0, 0.1) is 0 Å². The number of hydrogen-bond acceptors (Lipinski definition) is 3. The van der Waals surface area contributed by atoms with Crippen molar-refractivity contribution in [1.82, 2.24) is 10.2 Å². The summed E-state index contributed by atoms with van der Waals surface area (Å²) in [6.45, 7) is 6.67. The fraction of sp³-hybridized carbons (Fsp3) is 0.588. The van der Waals surface area contributed by atoms with Gasteiger partial charge in [0.2, 0.25) is 5.91 Å². The summed E-state index contributed by atoms with van der Waals surface area (Å²) in [5.41, 5.74) is -0.215. The van der Waals surface area contributed by atoms with E-state index in [1.807, 2.05) is 30.3 Å². The Labute approximate surface area is 128 Å². The van der Waals surface area contributed by atoms with Crippen molar-refractivity contribution in [2.45, 2.75) is 45.2 Å². The Balaban J connectivity index is 2.32. The molecule has 21 heavy (non-hydrogen) atoms. The zero-order valence-electron chi connectivity index (χ0n) is 13.8. The highest BCUT2D eigenvalue weighted by molar-refractivity contribution is 5.76. The van der Waals surface area contributed by atoms with Gasteiger partial charge in [-0.3, -0.25) is 4.79 Å². The minimum absolute atomic E-state index is 0.0295. The fourth-order valence-corrected chi connectivity index (χ4v) is 2.19. The third-order valence-corrected chi connectivity index (χ3v) is 3.51. The second-order valence-corrected chi connectivity index (χ2v) is 6.36. The molecule has 0 aliphatic carbocycles. The molecule has 1 atom stereocenters. The number of carbonyl (C=O) groups is 1. The van der Waals surface area contributed by atoms with Crippen molar-refractivity contribution >= 4 is 5.91 Å². The molecule has 0 aliphatic heterocycles. The standard InChI is InChI=1S/C17H28N2O2/c1-14(19(4)5)13-17(2,3)18-16(20)11-12-21-15-9-7-6-8-10-15/h6-10,14H,11-13H2,1-5H3,(H,18,20). The zero-order chi connectivity index (χ0) is 15.9. The van der Waals surface area contributed by atoms with Crippen LogP contribution < -0.4 is 10.1 Å². The molecule has 0 spiro atoms. The lowest BCUT2D eigenvalue weighted by molar-refractivity contribution is -0.123. The summed E-state index contributed by atoms with van der Waals surface area (Å²) in [5.74, 6) is 0.827. The van der Waals surface area contributed by atoms with Gasteiger partial charge < -0.3 is 15.0 Å². The van der Waals surface area contributed by atoms with Crippen molar-refractivity contribution in [3.8, 4) is 5.75 Å². The van der Waals surface area contributed by atoms with Gasteiger partial charge in [-0.05, 0) is 53.4 Å². The highest BCUT2D eigenvalue weighted by Crippen LogP contribution is 2.14. The summed E-state index contributed by atoms with van der Waals surface area (Å²) in [7, 11) is 4.10. The molecule has 1 aromatic rings. The lowest BCUT2D eigenvalue weighted by Crippen LogP contribution is -2.47. The van der Waals surface area contributed by atoms with Crippen molar-refractivity contribution in [2.75, 3.05) is 20.7 Å². The Hall–Kier alpha value is -1.55. The van der Waals surface area contributed by atoms with Crippen LogP contribution in [-0.4, -0.2) is 43.1 Å². The first-order chi connectivity index (χ1) is 9.80. The molecule has 0 fully saturated rings. The Kier molecular flexibility index (Phi) is 6.69.